The third kappa shape index (κ3) is 8.60. The van der Waals surface area contributed by atoms with Crippen molar-refractivity contribution in [3.8, 4) is 17.2 Å². The van der Waals surface area contributed by atoms with E-state index in [-0.39, 0.29) is 5.78 Å². The predicted molar refractivity (Wildman–Crippen MR) is 137 cm³/mol. The lowest BCUT2D eigenvalue weighted by molar-refractivity contribution is 0.104. The minimum absolute atomic E-state index is 0.125. The van der Waals surface area contributed by atoms with Crippen LogP contribution in [-0.2, 0) is 6.42 Å². The lowest BCUT2D eigenvalue weighted by atomic mass is 10.0. The first-order valence-corrected chi connectivity index (χ1v) is 12.1. The summed E-state index contributed by atoms with van der Waals surface area (Å²) < 4.78 is 18.0. The van der Waals surface area contributed by atoms with Gasteiger partial charge in [-0.2, -0.15) is 0 Å². The van der Waals surface area contributed by atoms with Gasteiger partial charge in [-0.3, -0.25) is 4.79 Å². The Morgan fingerprint density at radius 3 is 2.03 bits per heavy atom. The quantitative estimate of drug-likeness (QED) is 0.237. The number of ether oxygens (including phenoxy) is 3. The average Bonchev–Trinajstić information content (AvgIpc) is 2.78. The fourth-order valence-corrected chi connectivity index (χ4v) is 3.07. The van der Waals surface area contributed by atoms with Gasteiger partial charge in [0.15, 0.2) is 17.3 Å². The van der Waals surface area contributed by atoms with Crippen molar-refractivity contribution in [3.05, 3.63) is 59.2 Å². The molecular weight excluding hydrogens is 412 g/mol. The van der Waals surface area contributed by atoms with Gasteiger partial charge in [-0.1, -0.05) is 60.6 Å². The van der Waals surface area contributed by atoms with Crippen molar-refractivity contribution in [2.24, 2.45) is 17.8 Å². The Morgan fingerprint density at radius 2 is 1.42 bits per heavy atom. The number of carbonyl (C=O) groups is 1. The molecule has 4 heteroatoms. The lowest BCUT2D eigenvalue weighted by Crippen LogP contribution is -2.11. The second-order valence-corrected chi connectivity index (χ2v) is 9.67. The van der Waals surface area contributed by atoms with Gasteiger partial charge in [-0.15, -0.1) is 0 Å². The van der Waals surface area contributed by atoms with Crippen molar-refractivity contribution in [2.75, 3.05) is 19.8 Å². The molecule has 0 atom stereocenters. The average molecular weight is 453 g/mol. The lowest BCUT2D eigenvalue weighted by Gasteiger charge is -2.17. The second-order valence-electron chi connectivity index (χ2n) is 9.67. The van der Waals surface area contributed by atoms with Gasteiger partial charge in [-0.05, 0) is 66.2 Å². The van der Waals surface area contributed by atoms with Gasteiger partial charge in [0.1, 0.15) is 5.75 Å². The van der Waals surface area contributed by atoms with E-state index in [1.165, 1.54) is 5.56 Å². The molecule has 0 aliphatic rings. The van der Waals surface area contributed by atoms with Crippen molar-refractivity contribution in [2.45, 2.75) is 54.9 Å². The first kappa shape index (κ1) is 26.5. The molecule has 2 rings (SSSR count). The van der Waals surface area contributed by atoms with Gasteiger partial charge in [0.25, 0.3) is 0 Å². The number of hydrogen-bond acceptors (Lipinski definition) is 4. The van der Waals surface area contributed by atoms with Crippen molar-refractivity contribution in [1.29, 1.82) is 0 Å². The standard InChI is InChI=1S/C29H40O4/c1-8-23-12-15-27(31-17-20(2)3)24(16-23)13-14-26(30)25-10-9-11-28(32-18-21(4)5)29(25)33-19-22(6)7/h9-16,20-22H,8,17-19H2,1-7H3/b14-13+. The number of carbonyl (C=O) groups excluding carboxylic acids is 1. The highest BCUT2D eigenvalue weighted by molar-refractivity contribution is 6.09. The van der Waals surface area contributed by atoms with Gasteiger partial charge in [0.05, 0.1) is 25.4 Å². The van der Waals surface area contributed by atoms with Gasteiger partial charge in [-0.25, -0.2) is 0 Å². The largest absolute Gasteiger partial charge is 0.493 e. The molecule has 0 saturated carbocycles. The molecule has 180 valence electrons. The molecule has 0 aliphatic heterocycles. The highest BCUT2D eigenvalue weighted by atomic mass is 16.5. The molecule has 0 spiro atoms. The molecule has 4 nitrogen and oxygen atoms in total. The SMILES string of the molecule is CCc1ccc(OCC(C)C)c(/C=C/C(=O)c2cccc(OCC(C)C)c2OCC(C)C)c1. The van der Waals surface area contributed by atoms with E-state index in [4.69, 9.17) is 14.2 Å². The summed E-state index contributed by atoms with van der Waals surface area (Å²) in [4.78, 5) is 13.2. The molecule has 0 unspecified atom stereocenters. The van der Waals surface area contributed by atoms with Crippen LogP contribution >= 0.6 is 0 Å². The topological polar surface area (TPSA) is 44.8 Å². The Morgan fingerprint density at radius 1 is 0.818 bits per heavy atom. The van der Waals surface area contributed by atoms with Crippen LogP contribution in [0.4, 0.5) is 0 Å². The summed E-state index contributed by atoms with van der Waals surface area (Å²) in [5.74, 6) is 2.91. The minimum Gasteiger partial charge on any atom is -0.493 e. The van der Waals surface area contributed by atoms with Crippen molar-refractivity contribution in [3.63, 3.8) is 0 Å². The van der Waals surface area contributed by atoms with Gasteiger partial charge >= 0.3 is 0 Å². The molecule has 0 aromatic heterocycles. The number of benzene rings is 2. The molecule has 2 aromatic carbocycles. The summed E-state index contributed by atoms with van der Waals surface area (Å²) in [5, 5.41) is 0. The molecule has 0 radical (unpaired) electrons. The smallest absolute Gasteiger partial charge is 0.189 e. The molecule has 0 N–H and O–H groups in total. The first-order chi connectivity index (χ1) is 15.7. The molecule has 0 bridgehead atoms. The number of ketones is 1. The van der Waals surface area contributed by atoms with E-state index >= 15 is 0 Å². The highest BCUT2D eigenvalue weighted by Crippen LogP contribution is 2.33. The van der Waals surface area contributed by atoms with Crippen molar-refractivity contribution >= 4 is 11.9 Å². The van der Waals surface area contributed by atoms with Crippen LogP contribution in [0.1, 0.15) is 70.0 Å². The Balaban J connectivity index is 2.35. The van der Waals surface area contributed by atoms with Crippen LogP contribution in [0, 0.1) is 17.8 Å². The van der Waals surface area contributed by atoms with Crippen molar-refractivity contribution in [1.82, 2.24) is 0 Å². The fourth-order valence-electron chi connectivity index (χ4n) is 3.07. The van der Waals surface area contributed by atoms with E-state index in [9.17, 15) is 4.79 Å². The number of hydrogen-bond donors (Lipinski definition) is 0. The van der Waals surface area contributed by atoms with Gasteiger partial charge in [0.2, 0.25) is 0 Å². The summed E-state index contributed by atoms with van der Waals surface area (Å²) in [7, 11) is 0. The summed E-state index contributed by atoms with van der Waals surface area (Å²) in [5.41, 5.74) is 2.61. The first-order valence-electron chi connectivity index (χ1n) is 12.1. The number of para-hydroxylation sites is 1. The van der Waals surface area contributed by atoms with E-state index in [0.29, 0.717) is 54.6 Å². The predicted octanol–water partition coefficient (Wildman–Crippen LogP) is 7.25. The molecule has 2 aromatic rings. The number of rotatable bonds is 13. The zero-order chi connectivity index (χ0) is 24.4. The van der Waals surface area contributed by atoms with Crippen LogP contribution in [0.3, 0.4) is 0 Å². The molecule has 0 fully saturated rings. The Labute approximate surface area is 200 Å². The summed E-state index contributed by atoms with van der Waals surface area (Å²) in [6.07, 6.45) is 4.35. The van der Waals surface area contributed by atoms with E-state index in [0.717, 1.165) is 17.7 Å². The van der Waals surface area contributed by atoms with Gasteiger partial charge in [0, 0.05) is 5.56 Å². The zero-order valence-electron chi connectivity index (χ0n) is 21.3. The maximum absolute atomic E-state index is 13.2. The molecule has 0 saturated heterocycles. The summed E-state index contributed by atoms with van der Waals surface area (Å²) in [6.45, 7) is 16.4. The third-order valence-corrected chi connectivity index (χ3v) is 4.85. The fraction of sp³-hybridized carbons (Fsp3) is 0.483. The number of aryl methyl sites for hydroxylation is 1. The normalized spacial score (nSPS) is 11.6. The molecule has 33 heavy (non-hydrogen) atoms. The summed E-state index contributed by atoms with van der Waals surface area (Å²) in [6, 6.07) is 11.6. The Bertz CT molecular complexity index is 925. The number of allylic oxidation sites excluding steroid dienone is 1. The Hall–Kier alpha value is -2.75. The zero-order valence-corrected chi connectivity index (χ0v) is 21.3. The molecule has 0 amide bonds. The van der Waals surface area contributed by atoms with Crippen molar-refractivity contribution < 1.29 is 19.0 Å². The van der Waals surface area contributed by atoms with Gasteiger partial charge < -0.3 is 14.2 Å². The summed E-state index contributed by atoms with van der Waals surface area (Å²) >= 11 is 0. The second kappa shape index (κ2) is 13.1. The molecule has 0 heterocycles. The highest BCUT2D eigenvalue weighted by Gasteiger charge is 2.17. The van der Waals surface area contributed by atoms with Crippen LogP contribution in [0.25, 0.3) is 6.08 Å². The van der Waals surface area contributed by atoms with Crippen LogP contribution in [0.2, 0.25) is 0 Å². The minimum atomic E-state index is -0.125. The van der Waals surface area contributed by atoms with E-state index < -0.39 is 0 Å². The Kier molecular flexibility index (Phi) is 10.5. The van der Waals surface area contributed by atoms with E-state index in [1.54, 1.807) is 12.1 Å². The van der Waals surface area contributed by atoms with Crippen LogP contribution in [0.5, 0.6) is 17.2 Å². The van der Waals surface area contributed by atoms with Crippen LogP contribution < -0.4 is 14.2 Å². The third-order valence-electron chi connectivity index (χ3n) is 4.85. The van der Waals surface area contributed by atoms with E-state index in [1.807, 2.05) is 24.3 Å². The molecular formula is C29H40O4. The molecule has 0 aliphatic carbocycles. The maximum atomic E-state index is 13.2. The van der Waals surface area contributed by atoms with E-state index in [2.05, 4.69) is 60.6 Å². The van der Waals surface area contributed by atoms with Crippen LogP contribution in [-0.4, -0.2) is 25.6 Å². The van der Waals surface area contributed by atoms with Crippen LogP contribution in [0.15, 0.2) is 42.5 Å². The maximum Gasteiger partial charge on any atom is 0.189 e. The monoisotopic (exact) mass is 452 g/mol.